The number of benzene rings is 2. The number of amidine groups is 1. The van der Waals surface area contributed by atoms with E-state index in [0.29, 0.717) is 10.6 Å². The van der Waals surface area contributed by atoms with Gasteiger partial charge in [0.25, 0.3) is 0 Å². The summed E-state index contributed by atoms with van der Waals surface area (Å²) in [6.07, 6.45) is 0. The van der Waals surface area contributed by atoms with Crippen molar-refractivity contribution in [1.29, 1.82) is 0 Å². The van der Waals surface area contributed by atoms with E-state index in [0.717, 1.165) is 11.3 Å². The fourth-order valence-corrected chi connectivity index (χ4v) is 2.12. The van der Waals surface area contributed by atoms with E-state index in [2.05, 4.69) is 10.5 Å². The molecule has 0 aliphatic heterocycles. The van der Waals surface area contributed by atoms with E-state index < -0.39 is 5.82 Å². The first-order chi connectivity index (χ1) is 10.0. The lowest BCUT2D eigenvalue weighted by atomic mass is 10.1. The fraction of sp³-hybridized carbons (Fsp3) is 0.133. The number of oxime groups is 1. The molecule has 0 unspecified atom stereocenters. The summed E-state index contributed by atoms with van der Waals surface area (Å²) in [7, 11) is 0. The van der Waals surface area contributed by atoms with Crippen LogP contribution in [-0.2, 0) is 6.54 Å². The van der Waals surface area contributed by atoms with E-state index in [9.17, 15) is 4.39 Å². The zero-order valence-electron chi connectivity index (χ0n) is 11.4. The average molecular weight is 308 g/mol. The minimum Gasteiger partial charge on any atom is -0.409 e. The normalized spacial score (nSPS) is 11.5. The summed E-state index contributed by atoms with van der Waals surface area (Å²) in [6.45, 7) is 2.20. The maximum Gasteiger partial charge on any atom is 0.173 e. The van der Waals surface area contributed by atoms with Crippen molar-refractivity contribution < 1.29 is 9.60 Å². The first kappa shape index (κ1) is 15.1. The lowest BCUT2D eigenvalue weighted by Gasteiger charge is -2.12. The van der Waals surface area contributed by atoms with Crippen LogP contribution in [0.15, 0.2) is 41.6 Å². The van der Waals surface area contributed by atoms with Crippen molar-refractivity contribution in [2.45, 2.75) is 13.5 Å². The number of rotatable bonds is 4. The molecule has 110 valence electrons. The Labute approximate surface area is 127 Å². The number of hydrogen-bond acceptors (Lipinski definition) is 3. The van der Waals surface area contributed by atoms with Crippen molar-refractivity contribution in [2.24, 2.45) is 10.9 Å². The third-order valence-electron chi connectivity index (χ3n) is 3.13. The minimum atomic E-state index is -0.514. The minimum absolute atomic E-state index is 0.0691. The highest BCUT2D eigenvalue weighted by atomic mass is 35.5. The third kappa shape index (κ3) is 3.44. The van der Waals surface area contributed by atoms with Crippen molar-refractivity contribution in [1.82, 2.24) is 0 Å². The summed E-state index contributed by atoms with van der Waals surface area (Å²) >= 11 is 5.94. The molecule has 0 radical (unpaired) electrons. The Balaban J connectivity index is 2.23. The molecule has 21 heavy (non-hydrogen) atoms. The van der Waals surface area contributed by atoms with E-state index >= 15 is 0 Å². The molecule has 2 aromatic carbocycles. The number of aryl methyl sites for hydroxylation is 1. The monoisotopic (exact) mass is 307 g/mol. The van der Waals surface area contributed by atoms with E-state index in [1.807, 2.05) is 13.0 Å². The Morgan fingerprint density at radius 2 is 2.14 bits per heavy atom. The summed E-state index contributed by atoms with van der Waals surface area (Å²) < 4.78 is 14.3. The highest BCUT2D eigenvalue weighted by molar-refractivity contribution is 6.30. The van der Waals surface area contributed by atoms with E-state index in [1.165, 1.54) is 6.07 Å². The topological polar surface area (TPSA) is 70.6 Å². The molecule has 0 fully saturated rings. The smallest absolute Gasteiger partial charge is 0.173 e. The number of hydrogen-bond donors (Lipinski definition) is 3. The molecule has 0 heterocycles. The van der Waals surface area contributed by atoms with Gasteiger partial charge in [-0.1, -0.05) is 35.0 Å². The summed E-state index contributed by atoms with van der Waals surface area (Å²) in [5.41, 5.74) is 7.76. The van der Waals surface area contributed by atoms with Crippen molar-refractivity contribution in [3.63, 3.8) is 0 Å². The number of nitrogens with zero attached hydrogens (tertiary/aromatic N) is 1. The van der Waals surface area contributed by atoms with Crippen molar-refractivity contribution in [3.8, 4) is 0 Å². The SMILES string of the molecule is Cc1ccc(Cl)cc1NCc1cccc(/C(N)=N/O)c1F. The molecule has 2 aromatic rings. The summed E-state index contributed by atoms with van der Waals surface area (Å²) in [6, 6.07) is 10.2. The molecule has 0 atom stereocenters. The van der Waals surface area contributed by atoms with Crippen molar-refractivity contribution in [3.05, 3.63) is 63.9 Å². The van der Waals surface area contributed by atoms with Gasteiger partial charge in [0, 0.05) is 22.8 Å². The molecule has 0 saturated carbocycles. The largest absolute Gasteiger partial charge is 0.409 e. The molecule has 6 heteroatoms. The number of anilines is 1. The van der Waals surface area contributed by atoms with Crippen LogP contribution in [0.3, 0.4) is 0 Å². The maximum atomic E-state index is 14.3. The van der Waals surface area contributed by atoms with Crippen molar-refractivity contribution >= 4 is 23.1 Å². The molecule has 0 aliphatic carbocycles. The Hall–Kier alpha value is -2.27. The molecule has 0 saturated heterocycles. The predicted molar refractivity (Wildman–Crippen MR) is 82.4 cm³/mol. The second kappa shape index (κ2) is 6.45. The molecule has 2 rings (SSSR count). The summed E-state index contributed by atoms with van der Waals surface area (Å²) in [5.74, 6) is -0.770. The van der Waals surface area contributed by atoms with E-state index in [1.54, 1.807) is 24.3 Å². The highest BCUT2D eigenvalue weighted by Gasteiger charge is 2.11. The third-order valence-corrected chi connectivity index (χ3v) is 3.37. The van der Waals surface area contributed by atoms with E-state index in [4.69, 9.17) is 22.5 Å². The van der Waals surface area contributed by atoms with Gasteiger partial charge < -0.3 is 16.3 Å². The van der Waals surface area contributed by atoms with Gasteiger partial charge in [-0.25, -0.2) is 4.39 Å². The molecule has 4 N–H and O–H groups in total. The molecule has 4 nitrogen and oxygen atoms in total. The van der Waals surface area contributed by atoms with Crippen LogP contribution in [0.4, 0.5) is 10.1 Å². The van der Waals surface area contributed by atoms with Gasteiger partial charge in [-0.05, 0) is 30.7 Å². The van der Waals surface area contributed by atoms with E-state index in [-0.39, 0.29) is 17.9 Å². The maximum absolute atomic E-state index is 14.3. The van der Waals surface area contributed by atoms with Gasteiger partial charge in [-0.3, -0.25) is 0 Å². The molecule has 0 amide bonds. The van der Waals surface area contributed by atoms with Gasteiger partial charge >= 0.3 is 0 Å². The van der Waals surface area contributed by atoms with Gasteiger partial charge in [0.2, 0.25) is 0 Å². The Morgan fingerprint density at radius 3 is 2.86 bits per heavy atom. The highest BCUT2D eigenvalue weighted by Crippen LogP contribution is 2.21. The van der Waals surface area contributed by atoms with Crippen LogP contribution in [0.1, 0.15) is 16.7 Å². The summed E-state index contributed by atoms with van der Waals surface area (Å²) in [5, 5.41) is 15.2. The lowest BCUT2D eigenvalue weighted by Crippen LogP contribution is -2.16. The second-order valence-corrected chi connectivity index (χ2v) is 5.01. The van der Waals surface area contributed by atoms with Crippen LogP contribution in [0.25, 0.3) is 0 Å². The van der Waals surface area contributed by atoms with Crippen LogP contribution >= 0.6 is 11.6 Å². The van der Waals surface area contributed by atoms with Gasteiger partial charge in [-0.15, -0.1) is 0 Å². The average Bonchev–Trinajstić information content (AvgIpc) is 2.48. The Bertz CT molecular complexity index is 689. The second-order valence-electron chi connectivity index (χ2n) is 4.58. The molecule has 0 aliphatic rings. The molecule has 0 spiro atoms. The first-order valence-electron chi connectivity index (χ1n) is 6.28. The molecule has 0 bridgehead atoms. The van der Waals surface area contributed by atoms with Crippen LogP contribution in [0.2, 0.25) is 5.02 Å². The fourth-order valence-electron chi connectivity index (χ4n) is 1.94. The van der Waals surface area contributed by atoms with Crippen LogP contribution < -0.4 is 11.1 Å². The van der Waals surface area contributed by atoms with Gasteiger partial charge in [0.1, 0.15) is 5.82 Å². The van der Waals surface area contributed by atoms with Crippen LogP contribution in [0, 0.1) is 12.7 Å². The quantitative estimate of drug-likeness (QED) is 0.350. The lowest BCUT2D eigenvalue weighted by molar-refractivity contribution is 0.318. The number of nitrogens with one attached hydrogen (secondary N) is 1. The predicted octanol–water partition coefficient (Wildman–Crippen LogP) is 3.49. The number of nitrogens with two attached hydrogens (primary N) is 1. The van der Waals surface area contributed by atoms with Crippen LogP contribution in [-0.4, -0.2) is 11.0 Å². The van der Waals surface area contributed by atoms with Crippen molar-refractivity contribution in [2.75, 3.05) is 5.32 Å². The number of halogens is 2. The zero-order chi connectivity index (χ0) is 15.4. The standard InChI is InChI=1S/C15H15ClFN3O/c1-9-5-6-11(16)7-13(9)19-8-10-3-2-4-12(14(10)17)15(18)20-21/h2-7,19,21H,8H2,1H3,(H2,18,20). The Morgan fingerprint density at radius 1 is 1.38 bits per heavy atom. The van der Waals surface area contributed by atoms with Crippen LogP contribution in [0.5, 0.6) is 0 Å². The molecular weight excluding hydrogens is 293 g/mol. The van der Waals surface area contributed by atoms with Gasteiger partial charge in [0.05, 0.1) is 5.56 Å². The van der Waals surface area contributed by atoms with Gasteiger partial charge in [0.15, 0.2) is 5.84 Å². The Kier molecular flexibility index (Phi) is 4.65. The zero-order valence-corrected chi connectivity index (χ0v) is 12.2. The molecular formula is C15H15ClFN3O. The molecule has 0 aromatic heterocycles. The summed E-state index contributed by atoms with van der Waals surface area (Å²) in [4.78, 5) is 0. The van der Waals surface area contributed by atoms with Gasteiger partial charge in [-0.2, -0.15) is 0 Å². The first-order valence-corrected chi connectivity index (χ1v) is 6.66.